The van der Waals surface area contributed by atoms with E-state index in [1.165, 1.54) is 0 Å². The molecule has 0 unspecified atom stereocenters. The number of nitriles is 1. The Labute approximate surface area is 78.3 Å². The van der Waals surface area contributed by atoms with Crippen LogP contribution in [0.25, 0.3) is 0 Å². The summed E-state index contributed by atoms with van der Waals surface area (Å²) >= 11 is 0. The van der Waals surface area contributed by atoms with Gasteiger partial charge in [-0.1, -0.05) is 17.6 Å². The third-order valence-corrected chi connectivity index (χ3v) is 1.69. The van der Waals surface area contributed by atoms with Crippen LogP contribution >= 0.6 is 0 Å². The number of rotatable bonds is 2. The first-order valence-corrected chi connectivity index (χ1v) is 3.75. The van der Waals surface area contributed by atoms with E-state index in [4.69, 9.17) is 18.5 Å². The predicted molar refractivity (Wildman–Crippen MR) is 53.8 cm³/mol. The summed E-state index contributed by atoms with van der Waals surface area (Å²) in [4.78, 5) is 0. The molecule has 1 rings (SSSR count). The van der Waals surface area contributed by atoms with Crippen molar-refractivity contribution in [1.29, 1.82) is 10.7 Å². The van der Waals surface area contributed by atoms with Crippen LogP contribution in [0.1, 0.15) is 5.56 Å². The number of nitrogens with one attached hydrogen (secondary N) is 2. The first kappa shape index (κ1) is 9.33. The molecule has 0 saturated heterocycles. The number of nitrogens with zero attached hydrogens (tertiary/aromatic N) is 1. The molecule has 62 valence electrons. The van der Waals surface area contributed by atoms with Gasteiger partial charge in [0.2, 0.25) is 0 Å². The van der Waals surface area contributed by atoms with E-state index in [-0.39, 0.29) is 5.71 Å². The lowest BCUT2D eigenvalue weighted by Crippen LogP contribution is -2.09. The highest BCUT2D eigenvalue weighted by atomic mass is 14.8. The maximum Gasteiger partial charge on any atom is 0.141 e. The fraction of sp³-hybridized carbons (Fsp3) is 0.111. The van der Waals surface area contributed by atoms with E-state index in [2.05, 4.69) is 5.32 Å². The number of hydrogen-bond donors (Lipinski definition) is 2. The van der Waals surface area contributed by atoms with Gasteiger partial charge in [0, 0.05) is 18.3 Å². The highest BCUT2D eigenvalue weighted by Crippen LogP contribution is 2.12. The van der Waals surface area contributed by atoms with E-state index in [0.717, 1.165) is 5.69 Å². The lowest BCUT2D eigenvalue weighted by atomic mass is 9.92. The average molecular weight is 169 g/mol. The van der Waals surface area contributed by atoms with Crippen molar-refractivity contribution < 1.29 is 0 Å². The molecule has 2 radical (unpaired) electrons. The molecule has 0 saturated carbocycles. The Balaban J connectivity index is 3.25. The summed E-state index contributed by atoms with van der Waals surface area (Å²) in [5.41, 5.74) is 1.73. The van der Waals surface area contributed by atoms with E-state index in [1.54, 1.807) is 31.3 Å². The van der Waals surface area contributed by atoms with Crippen molar-refractivity contribution in [3.05, 3.63) is 23.8 Å². The Hall–Kier alpha value is -1.76. The Morgan fingerprint density at radius 2 is 2.31 bits per heavy atom. The molecule has 1 aromatic rings. The predicted octanol–water partition coefficient (Wildman–Crippen LogP) is 0.414. The van der Waals surface area contributed by atoms with Gasteiger partial charge in [0.1, 0.15) is 19.6 Å². The summed E-state index contributed by atoms with van der Waals surface area (Å²) in [5, 5.41) is 18.8. The second-order valence-corrected chi connectivity index (χ2v) is 2.54. The number of anilines is 1. The van der Waals surface area contributed by atoms with Crippen LogP contribution in [0.5, 0.6) is 0 Å². The summed E-state index contributed by atoms with van der Waals surface area (Å²) in [6.07, 6.45) is 0. The van der Waals surface area contributed by atoms with Crippen molar-refractivity contribution >= 4 is 24.7 Å². The van der Waals surface area contributed by atoms with Crippen LogP contribution in [0.15, 0.2) is 18.2 Å². The Morgan fingerprint density at radius 3 is 2.85 bits per heavy atom. The van der Waals surface area contributed by atoms with Gasteiger partial charge in [0.25, 0.3) is 0 Å². The monoisotopic (exact) mass is 169 g/mol. The molecule has 2 N–H and O–H groups in total. The summed E-state index contributed by atoms with van der Waals surface area (Å²) in [5.74, 6) is 0. The van der Waals surface area contributed by atoms with E-state index >= 15 is 0 Å². The quantitative estimate of drug-likeness (QED) is 0.497. The molecular formula is C9H8BN3. The highest BCUT2D eigenvalue weighted by molar-refractivity contribution is 6.33. The minimum atomic E-state index is -0.0864. The van der Waals surface area contributed by atoms with Crippen molar-refractivity contribution in [2.45, 2.75) is 0 Å². The van der Waals surface area contributed by atoms with Gasteiger partial charge < -0.3 is 5.32 Å². The molecule has 0 fully saturated rings. The second-order valence-electron chi connectivity index (χ2n) is 2.54. The van der Waals surface area contributed by atoms with Crippen molar-refractivity contribution in [1.82, 2.24) is 0 Å². The Kier molecular flexibility index (Phi) is 2.71. The van der Waals surface area contributed by atoms with Crippen LogP contribution in [-0.4, -0.2) is 20.6 Å². The number of hydrogen-bond acceptors (Lipinski definition) is 3. The van der Waals surface area contributed by atoms with Gasteiger partial charge in [-0.25, -0.2) is 0 Å². The minimum Gasteiger partial charge on any atom is -0.388 e. The van der Waals surface area contributed by atoms with E-state index in [1.807, 2.05) is 0 Å². The zero-order valence-electron chi connectivity index (χ0n) is 7.26. The molecule has 0 aliphatic carbocycles. The summed E-state index contributed by atoms with van der Waals surface area (Å²) < 4.78 is 0. The van der Waals surface area contributed by atoms with Gasteiger partial charge in [-0.2, -0.15) is 5.26 Å². The molecule has 0 aromatic heterocycles. The van der Waals surface area contributed by atoms with Crippen LogP contribution in [0.4, 0.5) is 5.69 Å². The molecule has 0 bridgehead atoms. The molecule has 4 heteroatoms. The fourth-order valence-electron chi connectivity index (χ4n) is 1.05. The highest BCUT2D eigenvalue weighted by Gasteiger charge is 2.05. The standard InChI is InChI=1S/C9H8BN3/c1-13-9-3-2-6(10)4-7(9)8(12)5-11/h2-4,12-13H,1H3. The molecule has 1 aromatic carbocycles. The Morgan fingerprint density at radius 1 is 1.62 bits per heavy atom. The molecule has 13 heavy (non-hydrogen) atoms. The van der Waals surface area contributed by atoms with E-state index < -0.39 is 0 Å². The lowest BCUT2D eigenvalue weighted by molar-refractivity contribution is 1.44. The van der Waals surface area contributed by atoms with Crippen LogP contribution in [-0.2, 0) is 0 Å². The smallest absolute Gasteiger partial charge is 0.141 e. The van der Waals surface area contributed by atoms with Crippen molar-refractivity contribution in [3.63, 3.8) is 0 Å². The molecule has 0 spiro atoms. The lowest BCUT2D eigenvalue weighted by Gasteiger charge is -2.06. The first-order chi connectivity index (χ1) is 6.19. The Bertz CT molecular complexity index is 379. The molecule has 0 aliphatic heterocycles. The van der Waals surface area contributed by atoms with Crippen molar-refractivity contribution in [3.8, 4) is 6.07 Å². The van der Waals surface area contributed by atoms with Gasteiger partial charge in [-0.15, -0.1) is 0 Å². The van der Waals surface area contributed by atoms with Gasteiger partial charge in [0.15, 0.2) is 0 Å². The minimum absolute atomic E-state index is 0.0864. The zero-order valence-corrected chi connectivity index (χ0v) is 7.26. The molecular weight excluding hydrogens is 161 g/mol. The maximum absolute atomic E-state index is 8.56. The largest absolute Gasteiger partial charge is 0.388 e. The maximum atomic E-state index is 8.56. The SMILES string of the molecule is [B]c1ccc(NC)c(C(=N)C#N)c1. The normalized spacial score (nSPS) is 8.92. The van der Waals surface area contributed by atoms with Gasteiger partial charge in [0.05, 0.1) is 0 Å². The summed E-state index contributed by atoms with van der Waals surface area (Å²) in [6, 6.07) is 6.85. The second kappa shape index (κ2) is 3.77. The summed E-state index contributed by atoms with van der Waals surface area (Å²) in [7, 11) is 7.28. The van der Waals surface area contributed by atoms with Crippen molar-refractivity contribution in [2.75, 3.05) is 12.4 Å². The molecule has 0 heterocycles. The molecule has 3 nitrogen and oxygen atoms in total. The van der Waals surface area contributed by atoms with Crippen LogP contribution < -0.4 is 10.8 Å². The topological polar surface area (TPSA) is 59.7 Å². The number of benzene rings is 1. The summed E-state index contributed by atoms with van der Waals surface area (Å²) in [6.45, 7) is 0. The van der Waals surface area contributed by atoms with Gasteiger partial charge >= 0.3 is 0 Å². The molecule has 0 aliphatic rings. The molecule has 0 amide bonds. The van der Waals surface area contributed by atoms with Crippen LogP contribution in [0.3, 0.4) is 0 Å². The van der Waals surface area contributed by atoms with Crippen LogP contribution in [0, 0.1) is 16.7 Å². The third kappa shape index (κ3) is 1.88. The average Bonchev–Trinajstić information content (AvgIpc) is 2.16. The van der Waals surface area contributed by atoms with E-state index in [0.29, 0.717) is 11.0 Å². The van der Waals surface area contributed by atoms with Crippen LogP contribution in [0.2, 0.25) is 0 Å². The van der Waals surface area contributed by atoms with E-state index in [9.17, 15) is 0 Å². The molecule has 0 atom stereocenters. The third-order valence-electron chi connectivity index (χ3n) is 1.69. The fourth-order valence-corrected chi connectivity index (χ4v) is 1.05. The zero-order chi connectivity index (χ0) is 9.84. The van der Waals surface area contributed by atoms with Gasteiger partial charge in [-0.3, -0.25) is 5.41 Å². The van der Waals surface area contributed by atoms with Crippen molar-refractivity contribution in [2.24, 2.45) is 0 Å². The van der Waals surface area contributed by atoms with Gasteiger partial charge in [-0.05, 0) is 6.07 Å². The first-order valence-electron chi connectivity index (χ1n) is 3.75.